The van der Waals surface area contributed by atoms with Crippen LogP contribution >= 0.6 is 0 Å². The first-order chi connectivity index (χ1) is 12.4. The molecule has 7 nitrogen and oxygen atoms in total. The number of nitrogens with one attached hydrogen (secondary N) is 2. The molecular formula is C18H23N3O4S. The number of aromatic nitrogens is 1. The van der Waals surface area contributed by atoms with E-state index in [4.69, 9.17) is 4.74 Å². The number of anilines is 3. The summed E-state index contributed by atoms with van der Waals surface area (Å²) >= 11 is 0. The van der Waals surface area contributed by atoms with Crippen LogP contribution in [0.25, 0.3) is 0 Å². The van der Waals surface area contributed by atoms with Crippen LogP contribution in [0.5, 0.6) is 0 Å². The molecule has 0 bridgehead atoms. The number of sulfonamides is 1. The third-order valence-corrected chi connectivity index (χ3v) is 4.84. The molecule has 0 radical (unpaired) electrons. The molecule has 1 aromatic carbocycles. The van der Waals surface area contributed by atoms with Gasteiger partial charge >= 0.3 is 5.97 Å². The minimum Gasteiger partial charge on any atom is -0.462 e. The van der Waals surface area contributed by atoms with Crippen LogP contribution < -0.4 is 10.0 Å². The highest BCUT2D eigenvalue weighted by atomic mass is 32.2. The number of carbonyl (C=O) groups is 1. The number of ether oxygens (including phenoxy) is 1. The number of esters is 1. The Morgan fingerprint density at radius 1 is 1.08 bits per heavy atom. The van der Waals surface area contributed by atoms with E-state index in [0.717, 1.165) is 12.1 Å². The number of hydrogen-bond acceptors (Lipinski definition) is 6. The quantitative estimate of drug-likeness (QED) is 0.649. The van der Waals surface area contributed by atoms with E-state index in [-0.39, 0.29) is 11.7 Å². The molecule has 0 aliphatic rings. The molecule has 26 heavy (non-hydrogen) atoms. The van der Waals surface area contributed by atoms with E-state index < -0.39 is 10.0 Å². The molecule has 0 spiro atoms. The molecule has 0 fully saturated rings. The molecule has 0 amide bonds. The Bertz CT molecular complexity index is 819. The smallest absolute Gasteiger partial charge is 0.338 e. The maximum Gasteiger partial charge on any atom is 0.338 e. The number of nitrogens with zero attached hydrogens (tertiary/aromatic N) is 1. The molecular weight excluding hydrogens is 354 g/mol. The SMILES string of the molecule is CCCCS(=O)(=O)Nc1ccc(Nc2ccc(C(=O)OCC)cc2)nc1. The average molecular weight is 377 g/mol. The molecule has 0 atom stereocenters. The largest absolute Gasteiger partial charge is 0.462 e. The number of unbranched alkanes of at least 4 members (excludes halogenated alkanes) is 1. The normalized spacial score (nSPS) is 11.0. The number of carbonyl (C=O) groups excluding carboxylic acids is 1. The lowest BCUT2D eigenvalue weighted by Crippen LogP contribution is -2.16. The second kappa shape index (κ2) is 9.19. The summed E-state index contributed by atoms with van der Waals surface area (Å²) in [6.45, 7) is 4.03. The Balaban J connectivity index is 1.97. The van der Waals surface area contributed by atoms with Gasteiger partial charge in [0.1, 0.15) is 5.82 Å². The monoisotopic (exact) mass is 377 g/mol. The van der Waals surface area contributed by atoms with Crippen molar-refractivity contribution in [2.24, 2.45) is 0 Å². The van der Waals surface area contributed by atoms with Crippen LogP contribution in [0.4, 0.5) is 17.2 Å². The van der Waals surface area contributed by atoms with Crippen LogP contribution in [0.15, 0.2) is 42.6 Å². The van der Waals surface area contributed by atoms with Gasteiger partial charge in [-0.3, -0.25) is 4.72 Å². The zero-order valence-electron chi connectivity index (χ0n) is 14.9. The van der Waals surface area contributed by atoms with Crippen LogP contribution in [-0.2, 0) is 14.8 Å². The molecule has 0 unspecified atom stereocenters. The van der Waals surface area contributed by atoms with Crippen molar-refractivity contribution in [2.45, 2.75) is 26.7 Å². The summed E-state index contributed by atoms with van der Waals surface area (Å²) in [5.41, 5.74) is 1.65. The molecule has 0 aliphatic heterocycles. The van der Waals surface area contributed by atoms with Crippen molar-refractivity contribution >= 4 is 33.2 Å². The average Bonchev–Trinajstić information content (AvgIpc) is 2.62. The Morgan fingerprint density at radius 3 is 2.35 bits per heavy atom. The van der Waals surface area contributed by atoms with Crippen molar-refractivity contribution in [1.82, 2.24) is 4.98 Å². The van der Waals surface area contributed by atoms with Crippen molar-refractivity contribution in [1.29, 1.82) is 0 Å². The summed E-state index contributed by atoms with van der Waals surface area (Å²) in [4.78, 5) is 15.8. The number of hydrogen-bond donors (Lipinski definition) is 2. The summed E-state index contributed by atoms with van der Waals surface area (Å²) < 4.78 is 31.2. The zero-order valence-corrected chi connectivity index (χ0v) is 15.7. The van der Waals surface area contributed by atoms with Crippen LogP contribution in [0.1, 0.15) is 37.0 Å². The molecule has 140 valence electrons. The van der Waals surface area contributed by atoms with Crippen molar-refractivity contribution in [2.75, 3.05) is 22.4 Å². The van der Waals surface area contributed by atoms with E-state index in [1.807, 2.05) is 6.92 Å². The highest BCUT2D eigenvalue weighted by molar-refractivity contribution is 7.92. The fourth-order valence-electron chi connectivity index (χ4n) is 2.15. The Morgan fingerprint density at radius 2 is 1.77 bits per heavy atom. The van der Waals surface area contributed by atoms with Gasteiger partial charge in [0.2, 0.25) is 10.0 Å². The molecule has 2 rings (SSSR count). The van der Waals surface area contributed by atoms with Crippen molar-refractivity contribution in [3.05, 3.63) is 48.2 Å². The van der Waals surface area contributed by atoms with Crippen molar-refractivity contribution in [3.8, 4) is 0 Å². The highest BCUT2D eigenvalue weighted by Crippen LogP contribution is 2.18. The zero-order chi connectivity index (χ0) is 19.0. The minimum atomic E-state index is -3.34. The first kappa shape index (κ1) is 19.7. The first-order valence-corrected chi connectivity index (χ1v) is 10.1. The lowest BCUT2D eigenvalue weighted by Gasteiger charge is -2.09. The van der Waals surface area contributed by atoms with Gasteiger partial charge in [-0.15, -0.1) is 0 Å². The Kier molecular flexibility index (Phi) is 6.97. The molecule has 2 aromatic rings. The standard InChI is InChI=1S/C18H23N3O4S/c1-3-5-12-26(23,24)21-16-10-11-17(19-13-16)20-15-8-6-14(7-9-15)18(22)25-4-2/h6-11,13,21H,3-5,12H2,1-2H3,(H,19,20). The Hall–Kier alpha value is -2.61. The predicted octanol–water partition coefficient (Wildman–Crippen LogP) is 3.54. The molecule has 1 heterocycles. The Labute approximate surface area is 153 Å². The van der Waals surface area contributed by atoms with Gasteiger partial charge < -0.3 is 10.1 Å². The lowest BCUT2D eigenvalue weighted by atomic mass is 10.2. The van der Waals surface area contributed by atoms with Gasteiger partial charge in [-0.25, -0.2) is 18.2 Å². The van der Waals surface area contributed by atoms with Gasteiger partial charge in [0.05, 0.1) is 29.8 Å². The van der Waals surface area contributed by atoms with Crippen LogP contribution in [0, 0.1) is 0 Å². The van der Waals surface area contributed by atoms with E-state index in [2.05, 4.69) is 15.0 Å². The summed E-state index contributed by atoms with van der Waals surface area (Å²) in [6.07, 6.45) is 2.89. The summed E-state index contributed by atoms with van der Waals surface area (Å²) in [5.74, 6) is 0.290. The molecule has 0 saturated carbocycles. The molecule has 2 N–H and O–H groups in total. The topological polar surface area (TPSA) is 97.4 Å². The predicted molar refractivity (Wildman–Crippen MR) is 102 cm³/mol. The van der Waals surface area contributed by atoms with Crippen LogP contribution in [0.2, 0.25) is 0 Å². The number of benzene rings is 1. The fourth-order valence-corrected chi connectivity index (χ4v) is 3.40. The van der Waals surface area contributed by atoms with Gasteiger partial charge in [-0.05, 0) is 49.7 Å². The van der Waals surface area contributed by atoms with Crippen molar-refractivity contribution < 1.29 is 17.9 Å². The van der Waals surface area contributed by atoms with E-state index >= 15 is 0 Å². The second-order valence-corrected chi connectivity index (χ2v) is 7.47. The second-order valence-electron chi connectivity index (χ2n) is 5.63. The van der Waals surface area contributed by atoms with E-state index in [0.29, 0.717) is 30.1 Å². The number of rotatable bonds is 9. The number of pyridine rings is 1. The maximum absolute atomic E-state index is 11.9. The van der Waals surface area contributed by atoms with E-state index in [1.165, 1.54) is 6.20 Å². The summed E-state index contributed by atoms with van der Waals surface area (Å²) in [7, 11) is -3.34. The highest BCUT2D eigenvalue weighted by Gasteiger charge is 2.10. The van der Waals surface area contributed by atoms with Gasteiger partial charge in [-0.2, -0.15) is 0 Å². The molecule has 0 saturated heterocycles. The fraction of sp³-hybridized carbons (Fsp3) is 0.333. The summed E-state index contributed by atoms with van der Waals surface area (Å²) in [6, 6.07) is 10.1. The van der Waals surface area contributed by atoms with Gasteiger partial charge in [0.25, 0.3) is 0 Å². The van der Waals surface area contributed by atoms with Gasteiger partial charge in [-0.1, -0.05) is 13.3 Å². The summed E-state index contributed by atoms with van der Waals surface area (Å²) in [5, 5.41) is 3.09. The molecule has 1 aromatic heterocycles. The first-order valence-electron chi connectivity index (χ1n) is 8.44. The van der Waals surface area contributed by atoms with Crippen LogP contribution in [0.3, 0.4) is 0 Å². The third kappa shape index (κ3) is 6.03. The van der Waals surface area contributed by atoms with Crippen molar-refractivity contribution in [3.63, 3.8) is 0 Å². The van der Waals surface area contributed by atoms with Crippen LogP contribution in [-0.4, -0.2) is 31.7 Å². The minimum absolute atomic E-state index is 0.0936. The molecule has 8 heteroatoms. The van der Waals surface area contributed by atoms with Gasteiger partial charge in [0, 0.05) is 5.69 Å². The molecule has 0 aliphatic carbocycles. The third-order valence-electron chi connectivity index (χ3n) is 3.47. The van der Waals surface area contributed by atoms with Gasteiger partial charge in [0.15, 0.2) is 0 Å². The maximum atomic E-state index is 11.9. The van der Waals surface area contributed by atoms with E-state index in [1.54, 1.807) is 43.3 Å². The van der Waals surface area contributed by atoms with E-state index in [9.17, 15) is 13.2 Å². The lowest BCUT2D eigenvalue weighted by molar-refractivity contribution is 0.0526.